The second kappa shape index (κ2) is 28.8. The maximum atomic E-state index is 13.7. The average molecular weight is 1320 g/mol. The molecule has 0 saturated heterocycles. The minimum absolute atomic E-state index is 0.224. The summed E-state index contributed by atoms with van der Waals surface area (Å²) in [6, 6.07) is 29.6. The molecule has 0 saturated carbocycles. The van der Waals surface area contributed by atoms with Crippen LogP contribution in [0.25, 0.3) is 44.1 Å². The number of aryl methyl sites for hydroxylation is 3. The molecule has 19 nitrogen and oxygen atoms in total. The zero-order chi connectivity index (χ0) is 68.1. The van der Waals surface area contributed by atoms with Gasteiger partial charge < -0.3 is 75.5 Å². The normalized spacial score (nSPS) is 11.4. The standard InChI is InChI=1S/C25H29O5P.C23H28NO6P.C22H26NO6P/c1-16-12-17(8-11-22(16)27-2)21-15-19(31(6,7)26)9-10-20(21)18-13-23(28-3)25(30-5)24(14-18)29-4;1-13-17(27-3)10-9-16-20(14(2)24(21(13)16)31(7,8)26)22(25)15-11-18(28-4)23(30-6)19(12-15)29-5;1-12-15(26-2)9-8-14-18(22(23-19(12)14)30(6,7)25)20(24)13-10-16(27-3)21(29-5)17(11-13)28-4/h8-15H,1-7H3;9-12H,1-8H3;8-11,23H,1-7H3. The molecule has 9 aromatic rings. The molecule has 0 amide bonds. The summed E-state index contributed by atoms with van der Waals surface area (Å²) >= 11 is 0. The molecule has 0 unspecified atom stereocenters. The van der Waals surface area contributed by atoms with E-state index in [1.807, 2.05) is 88.4 Å². The van der Waals surface area contributed by atoms with E-state index in [0.29, 0.717) is 102 Å². The largest absolute Gasteiger partial charge is 0.496 e. The maximum Gasteiger partial charge on any atom is 0.203 e. The molecule has 92 heavy (non-hydrogen) atoms. The number of aromatic nitrogens is 2. The molecule has 0 bridgehead atoms. The third-order valence-corrected chi connectivity index (χ3v) is 20.2. The zero-order valence-electron chi connectivity index (χ0n) is 56.5. The Labute approximate surface area is 538 Å². The van der Waals surface area contributed by atoms with Crippen LogP contribution in [0.15, 0.2) is 97.1 Å². The summed E-state index contributed by atoms with van der Waals surface area (Å²) in [7, 11) is 10.6. The number of methoxy groups -OCH3 is 12. The van der Waals surface area contributed by atoms with Gasteiger partial charge in [0.15, 0.2) is 53.4 Å². The fourth-order valence-electron chi connectivity index (χ4n) is 11.3. The second-order valence-corrected chi connectivity index (χ2v) is 31.9. The summed E-state index contributed by atoms with van der Waals surface area (Å²) in [5, 5.41) is 2.23. The van der Waals surface area contributed by atoms with Crippen LogP contribution in [0.5, 0.6) is 69.0 Å². The molecule has 0 atom stereocenters. The lowest BCUT2D eigenvalue weighted by Gasteiger charge is -2.18. The highest BCUT2D eigenvalue weighted by atomic mass is 31.2. The molecule has 0 spiro atoms. The molecule has 0 radical (unpaired) electrons. The highest BCUT2D eigenvalue weighted by molar-refractivity contribution is 7.70. The zero-order valence-corrected chi connectivity index (χ0v) is 59.1. The number of fused-ring (bicyclic) bond motifs is 2. The predicted molar refractivity (Wildman–Crippen MR) is 368 cm³/mol. The van der Waals surface area contributed by atoms with Gasteiger partial charge in [0.2, 0.25) is 17.2 Å². The van der Waals surface area contributed by atoms with Gasteiger partial charge >= 0.3 is 0 Å². The summed E-state index contributed by atoms with van der Waals surface area (Å²) in [5.74, 6) is 5.70. The molecule has 22 heteroatoms. The van der Waals surface area contributed by atoms with Gasteiger partial charge in [0.25, 0.3) is 0 Å². The van der Waals surface area contributed by atoms with Crippen molar-refractivity contribution in [3.05, 3.63) is 142 Å². The Morgan fingerprint density at radius 3 is 1.21 bits per heavy atom. The smallest absolute Gasteiger partial charge is 0.203 e. The van der Waals surface area contributed by atoms with Gasteiger partial charge in [-0.1, -0.05) is 18.2 Å². The highest BCUT2D eigenvalue weighted by Gasteiger charge is 2.32. The van der Waals surface area contributed by atoms with E-state index in [4.69, 9.17) is 56.8 Å². The van der Waals surface area contributed by atoms with Gasteiger partial charge in [-0.15, -0.1) is 0 Å². The number of benzene rings is 7. The van der Waals surface area contributed by atoms with Crippen molar-refractivity contribution in [2.75, 3.05) is 125 Å². The van der Waals surface area contributed by atoms with Crippen LogP contribution in [0.2, 0.25) is 0 Å². The number of carbonyl (C=O) groups excluding carboxylic acids is 2. The fraction of sp³-hybridized carbons (Fsp3) is 0.314. The Balaban J connectivity index is 0.000000196. The number of hydrogen-bond acceptors (Lipinski definition) is 17. The number of ketones is 2. The number of ether oxygens (including phenoxy) is 12. The van der Waals surface area contributed by atoms with Crippen LogP contribution in [-0.2, 0) is 13.7 Å². The first-order valence-corrected chi connectivity index (χ1v) is 36.6. The van der Waals surface area contributed by atoms with Gasteiger partial charge in [0.1, 0.15) is 31.5 Å². The lowest BCUT2D eigenvalue weighted by atomic mass is 9.93. The molecule has 9 rings (SSSR count). The summed E-state index contributed by atoms with van der Waals surface area (Å²) < 4.78 is 106. The van der Waals surface area contributed by atoms with Crippen molar-refractivity contribution in [3.63, 3.8) is 0 Å². The van der Waals surface area contributed by atoms with E-state index in [1.54, 1.807) is 117 Å². The van der Waals surface area contributed by atoms with Crippen LogP contribution in [-0.4, -0.2) is 146 Å². The summed E-state index contributed by atoms with van der Waals surface area (Å²) in [6.45, 7) is 17.8. The first kappa shape index (κ1) is 70.7. The van der Waals surface area contributed by atoms with E-state index in [9.17, 15) is 23.3 Å². The van der Waals surface area contributed by atoms with Crippen molar-refractivity contribution in [2.24, 2.45) is 0 Å². The highest BCUT2D eigenvalue weighted by Crippen LogP contribution is 2.50. The van der Waals surface area contributed by atoms with E-state index in [2.05, 4.69) is 11.1 Å². The Morgan fingerprint density at radius 1 is 0.391 bits per heavy atom. The molecular weight excluding hydrogens is 1230 g/mol. The topological polar surface area (TPSA) is 217 Å². The van der Waals surface area contributed by atoms with Gasteiger partial charge in [0, 0.05) is 57.4 Å². The minimum atomic E-state index is -2.80. The molecule has 1 N–H and O–H groups in total. The fourth-order valence-corrected chi connectivity index (χ4v) is 14.9. The van der Waals surface area contributed by atoms with Gasteiger partial charge in [-0.2, -0.15) is 0 Å². The van der Waals surface area contributed by atoms with Crippen molar-refractivity contribution >= 4 is 65.7 Å². The van der Waals surface area contributed by atoms with Gasteiger partial charge in [0.05, 0.1) is 113 Å². The van der Waals surface area contributed by atoms with Crippen LogP contribution >= 0.6 is 21.6 Å². The van der Waals surface area contributed by atoms with Crippen LogP contribution in [0.3, 0.4) is 0 Å². The van der Waals surface area contributed by atoms with Crippen molar-refractivity contribution in [2.45, 2.75) is 27.7 Å². The van der Waals surface area contributed by atoms with Crippen molar-refractivity contribution in [1.82, 2.24) is 9.32 Å². The SMILES string of the molecule is COc1cc(C(=O)c2c(C)n(P(C)(C)=O)c3c(C)c(OC)ccc23)cc(OC)c1OC.COc1cc(C(=O)c2c(P(C)(C)=O)[nH]c3c(C)c(OC)ccc23)cc(OC)c1OC.COc1ccc(-c2cc(P(C)(C)=O)ccc2-c2cc(OC)c(OC)c(OC)c2)cc1C. The molecule has 2 aromatic heterocycles. The molecule has 490 valence electrons. The lowest BCUT2D eigenvalue weighted by Crippen LogP contribution is -2.16. The molecular formula is C70H83N2O17P3. The van der Waals surface area contributed by atoms with E-state index < -0.39 is 21.6 Å². The molecule has 2 heterocycles. The lowest BCUT2D eigenvalue weighted by molar-refractivity contribution is 0.103. The molecule has 7 aromatic carbocycles. The monoisotopic (exact) mass is 1320 g/mol. The average Bonchev–Trinajstić information content (AvgIpc) is 1.57. The number of nitrogens with one attached hydrogen (secondary N) is 1. The number of rotatable bonds is 21. The number of carbonyl (C=O) groups is 2. The van der Waals surface area contributed by atoms with Crippen molar-refractivity contribution < 1.29 is 80.1 Å². The second-order valence-electron chi connectivity index (χ2n) is 22.5. The Kier molecular flexibility index (Phi) is 22.2. The van der Waals surface area contributed by atoms with E-state index >= 15 is 0 Å². The maximum absolute atomic E-state index is 13.7. The van der Waals surface area contributed by atoms with Crippen LogP contribution < -0.4 is 67.6 Å². The van der Waals surface area contributed by atoms with Gasteiger partial charge in [-0.25, -0.2) is 0 Å². The quantitative estimate of drug-likeness (QED) is 0.0522. The third kappa shape index (κ3) is 14.0. The van der Waals surface area contributed by atoms with E-state index in [-0.39, 0.29) is 11.6 Å². The first-order valence-electron chi connectivity index (χ1n) is 28.8. The number of hydrogen-bond donors (Lipinski definition) is 1. The molecule has 0 fully saturated rings. The van der Waals surface area contributed by atoms with Crippen LogP contribution in [0.4, 0.5) is 0 Å². The summed E-state index contributed by atoms with van der Waals surface area (Å²) in [4.78, 5) is 30.6. The predicted octanol–water partition coefficient (Wildman–Crippen LogP) is 14.5. The van der Waals surface area contributed by atoms with E-state index in [0.717, 1.165) is 66.4 Å². The number of H-pyrrole nitrogens is 1. The Hall–Kier alpha value is -8.75. The molecule has 0 aliphatic heterocycles. The Morgan fingerprint density at radius 2 is 0.804 bits per heavy atom. The third-order valence-electron chi connectivity index (χ3n) is 15.8. The number of nitrogens with zero attached hydrogens (tertiary/aromatic N) is 1. The van der Waals surface area contributed by atoms with Gasteiger partial charge in [-0.05, 0) is 161 Å². The first-order chi connectivity index (χ1) is 43.5. The van der Waals surface area contributed by atoms with E-state index in [1.165, 1.54) is 42.7 Å². The molecule has 0 aliphatic carbocycles. The summed E-state index contributed by atoms with van der Waals surface area (Å²) in [6.07, 6.45) is 0. The summed E-state index contributed by atoms with van der Waals surface area (Å²) in [5.41, 5.74) is 10.7. The van der Waals surface area contributed by atoms with Crippen LogP contribution in [0.1, 0.15) is 54.2 Å². The minimum Gasteiger partial charge on any atom is -0.496 e. The van der Waals surface area contributed by atoms with Crippen molar-refractivity contribution in [1.29, 1.82) is 0 Å². The molecule has 0 aliphatic rings. The van der Waals surface area contributed by atoms with Crippen molar-refractivity contribution in [3.8, 4) is 91.2 Å². The van der Waals surface area contributed by atoms with Crippen LogP contribution in [0, 0.1) is 27.7 Å². The van der Waals surface area contributed by atoms with Gasteiger partial charge in [-0.3, -0.25) is 13.9 Å². The Bertz CT molecular complexity index is 4350. The number of aromatic amines is 1.